The van der Waals surface area contributed by atoms with Crippen molar-refractivity contribution in [2.24, 2.45) is 27.9 Å². The molecule has 1 aliphatic rings. The summed E-state index contributed by atoms with van der Waals surface area (Å²) in [6.07, 6.45) is 0. The fourth-order valence-corrected chi connectivity index (χ4v) is 3.04. The van der Waals surface area contributed by atoms with E-state index in [1.165, 1.54) is 0 Å². The molecule has 0 spiro atoms. The van der Waals surface area contributed by atoms with Gasteiger partial charge < -0.3 is 11.5 Å². The summed E-state index contributed by atoms with van der Waals surface area (Å²) in [4.78, 5) is 22.2. The molecule has 0 saturated heterocycles. The van der Waals surface area contributed by atoms with Crippen molar-refractivity contribution < 1.29 is 9.59 Å². The van der Waals surface area contributed by atoms with Crippen molar-refractivity contribution in [1.82, 2.24) is 0 Å². The van der Waals surface area contributed by atoms with Crippen molar-refractivity contribution in [1.29, 1.82) is 0 Å². The zero-order valence-electron chi connectivity index (χ0n) is 7.53. The maximum absolute atomic E-state index is 11.2. The van der Waals surface area contributed by atoms with Gasteiger partial charge in [-0.05, 0) is 0 Å². The minimum atomic E-state index is -1.02. The van der Waals surface area contributed by atoms with Gasteiger partial charge in [0.05, 0.1) is 5.92 Å². The Morgan fingerprint density at radius 3 is 1.85 bits per heavy atom. The molecule has 1 aliphatic carbocycles. The van der Waals surface area contributed by atoms with E-state index in [0.717, 1.165) is 11.9 Å². The summed E-state index contributed by atoms with van der Waals surface area (Å²) in [6.45, 7) is 3.51. The van der Waals surface area contributed by atoms with Crippen LogP contribution in [0.15, 0.2) is 0 Å². The van der Waals surface area contributed by atoms with Crippen molar-refractivity contribution in [2.45, 2.75) is 18.6 Å². The normalized spacial score (nSPS) is 35.5. The van der Waals surface area contributed by atoms with E-state index < -0.39 is 27.9 Å². The molecule has 0 bridgehead atoms. The molecule has 2 amide bonds. The number of hydrogen-bond acceptors (Lipinski definition) is 4. The Morgan fingerprint density at radius 1 is 1.31 bits per heavy atom. The highest BCUT2D eigenvalue weighted by atomic mass is 32.2. The molecule has 6 heteroatoms. The summed E-state index contributed by atoms with van der Waals surface area (Å²) < 4.78 is -1.02. The molecule has 2 unspecified atom stereocenters. The second-order valence-corrected chi connectivity index (χ2v) is 4.65. The first kappa shape index (κ1) is 10.3. The number of hydrogen-bond donors (Lipinski definition) is 3. The lowest BCUT2D eigenvalue weighted by Crippen LogP contribution is -2.35. The molecule has 1 rings (SSSR count). The Balaban J connectivity index is 3.06. The molecule has 0 aromatic carbocycles. The molecule has 5 nitrogen and oxygen atoms in total. The summed E-state index contributed by atoms with van der Waals surface area (Å²) in [6, 6.07) is 0. The van der Waals surface area contributed by atoms with Gasteiger partial charge in [-0.2, -0.15) is 0 Å². The lowest BCUT2D eigenvalue weighted by molar-refractivity contribution is -0.123. The summed E-state index contributed by atoms with van der Waals surface area (Å²) in [7, 11) is 0. The Labute approximate surface area is 80.5 Å². The minimum absolute atomic E-state index is 0.526. The van der Waals surface area contributed by atoms with E-state index in [9.17, 15) is 9.59 Å². The fourth-order valence-electron chi connectivity index (χ4n) is 2.02. The van der Waals surface area contributed by atoms with E-state index in [1.54, 1.807) is 13.8 Å². The monoisotopic (exact) mass is 203 g/mol. The average molecular weight is 203 g/mol. The minimum Gasteiger partial charge on any atom is -0.369 e. The molecular weight excluding hydrogens is 190 g/mol. The number of primary amides is 2. The number of amides is 2. The lowest BCUT2D eigenvalue weighted by atomic mass is 10.1. The number of rotatable bonds is 3. The summed E-state index contributed by atoms with van der Waals surface area (Å²) in [5.41, 5.74) is 9.81. The third-order valence-corrected chi connectivity index (χ3v) is 4.17. The topological polar surface area (TPSA) is 112 Å². The zero-order valence-corrected chi connectivity index (χ0v) is 8.35. The van der Waals surface area contributed by atoms with Crippen molar-refractivity contribution in [2.75, 3.05) is 0 Å². The second kappa shape index (κ2) is 2.62. The summed E-state index contributed by atoms with van der Waals surface area (Å²) in [5.74, 6) is -1.66. The van der Waals surface area contributed by atoms with Gasteiger partial charge in [-0.25, -0.2) is 0 Å². The smallest absolute Gasteiger partial charge is 0.236 e. The predicted molar refractivity (Wildman–Crippen MR) is 50.2 cm³/mol. The molecule has 74 valence electrons. The fraction of sp³-hybridized carbons (Fsp3) is 0.714. The highest BCUT2D eigenvalue weighted by Crippen LogP contribution is 2.67. The third-order valence-electron chi connectivity index (χ3n) is 2.84. The van der Waals surface area contributed by atoms with Gasteiger partial charge in [0.25, 0.3) is 0 Å². The standard InChI is InChI=1S/C7H13N3O2S/c1-6(2)3(4(8)11)7(6,13-10)5(9)12/h3H,10H2,1-2H3,(H2,8,11)(H2,9,12). The quantitative estimate of drug-likeness (QED) is 0.508. The van der Waals surface area contributed by atoms with Crippen molar-refractivity contribution in [3.8, 4) is 0 Å². The van der Waals surface area contributed by atoms with E-state index >= 15 is 0 Å². The van der Waals surface area contributed by atoms with E-state index in [2.05, 4.69) is 0 Å². The largest absolute Gasteiger partial charge is 0.369 e. The van der Waals surface area contributed by atoms with Crippen LogP contribution >= 0.6 is 11.9 Å². The van der Waals surface area contributed by atoms with Crippen LogP contribution < -0.4 is 16.6 Å². The van der Waals surface area contributed by atoms with Crippen LogP contribution in [0.25, 0.3) is 0 Å². The average Bonchev–Trinajstić information content (AvgIpc) is 2.48. The molecule has 13 heavy (non-hydrogen) atoms. The van der Waals surface area contributed by atoms with E-state index in [4.69, 9.17) is 16.6 Å². The van der Waals surface area contributed by atoms with Gasteiger partial charge in [0, 0.05) is 5.41 Å². The zero-order chi connectivity index (χ0) is 10.4. The van der Waals surface area contributed by atoms with Gasteiger partial charge >= 0.3 is 0 Å². The van der Waals surface area contributed by atoms with Crippen LogP contribution in [0.5, 0.6) is 0 Å². The molecule has 2 atom stereocenters. The van der Waals surface area contributed by atoms with Crippen LogP contribution in [0, 0.1) is 11.3 Å². The second-order valence-electron chi connectivity index (χ2n) is 3.77. The van der Waals surface area contributed by atoms with Crippen LogP contribution in [-0.4, -0.2) is 16.6 Å². The maximum Gasteiger partial charge on any atom is 0.236 e. The first-order chi connectivity index (χ1) is 5.82. The van der Waals surface area contributed by atoms with Crippen LogP contribution in [0.4, 0.5) is 0 Å². The molecule has 0 aliphatic heterocycles. The first-order valence-corrected chi connectivity index (χ1v) is 4.67. The van der Waals surface area contributed by atoms with E-state index in [0.29, 0.717) is 0 Å². The van der Waals surface area contributed by atoms with Gasteiger partial charge in [-0.3, -0.25) is 14.7 Å². The van der Waals surface area contributed by atoms with Gasteiger partial charge in [0.15, 0.2) is 0 Å². The van der Waals surface area contributed by atoms with Gasteiger partial charge in [-0.15, -0.1) is 0 Å². The Hall–Kier alpha value is -0.750. The third kappa shape index (κ3) is 0.986. The SMILES string of the molecule is CC1(C)C(C(N)=O)C1(SN)C(N)=O. The molecular formula is C7H13N3O2S. The first-order valence-electron chi connectivity index (χ1n) is 3.79. The predicted octanol–water partition coefficient (Wildman–Crippen LogP) is -1.04. The van der Waals surface area contributed by atoms with Crippen LogP contribution in [0.1, 0.15) is 13.8 Å². The van der Waals surface area contributed by atoms with E-state index in [-0.39, 0.29) is 0 Å². The Kier molecular flexibility index (Phi) is 2.08. The molecule has 6 N–H and O–H groups in total. The van der Waals surface area contributed by atoms with Crippen LogP contribution in [0.2, 0.25) is 0 Å². The number of carbonyl (C=O) groups excluding carboxylic acids is 2. The summed E-state index contributed by atoms with van der Waals surface area (Å²) in [5, 5.41) is 5.38. The Bertz CT molecular complexity index is 279. The van der Waals surface area contributed by atoms with Crippen molar-refractivity contribution in [3.63, 3.8) is 0 Å². The van der Waals surface area contributed by atoms with Gasteiger partial charge in [0.2, 0.25) is 11.8 Å². The number of nitrogens with two attached hydrogens (primary N) is 3. The molecule has 0 heterocycles. The maximum atomic E-state index is 11.2. The highest BCUT2D eigenvalue weighted by molar-refractivity contribution is 7.99. The number of carbonyl (C=O) groups is 2. The lowest BCUT2D eigenvalue weighted by Gasteiger charge is -2.11. The van der Waals surface area contributed by atoms with Gasteiger partial charge in [0.1, 0.15) is 4.75 Å². The van der Waals surface area contributed by atoms with Crippen molar-refractivity contribution >= 4 is 23.8 Å². The molecule has 0 aromatic rings. The molecule has 0 aromatic heterocycles. The van der Waals surface area contributed by atoms with Crippen LogP contribution in [-0.2, 0) is 9.59 Å². The highest BCUT2D eigenvalue weighted by Gasteiger charge is 2.78. The van der Waals surface area contributed by atoms with E-state index in [1.807, 2.05) is 0 Å². The van der Waals surface area contributed by atoms with Gasteiger partial charge in [-0.1, -0.05) is 25.8 Å². The molecule has 1 saturated carbocycles. The Morgan fingerprint density at radius 2 is 1.77 bits per heavy atom. The molecule has 0 radical (unpaired) electrons. The van der Waals surface area contributed by atoms with Crippen LogP contribution in [0.3, 0.4) is 0 Å². The molecule has 1 fully saturated rings. The summed E-state index contributed by atoms with van der Waals surface area (Å²) >= 11 is 0.814. The van der Waals surface area contributed by atoms with Crippen molar-refractivity contribution in [3.05, 3.63) is 0 Å².